The number of methoxy groups -OCH3 is 1. The van der Waals surface area contributed by atoms with E-state index in [9.17, 15) is 13.2 Å². The topological polar surface area (TPSA) is 111 Å². The molecule has 4 N–H and O–H groups in total. The van der Waals surface area contributed by atoms with Crippen LogP contribution in [-0.4, -0.2) is 21.6 Å². The number of anilines is 2. The second-order valence-electron chi connectivity index (χ2n) is 4.49. The molecule has 122 valence electrons. The number of hydrogen-bond donors (Lipinski definition) is 3. The summed E-state index contributed by atoms with van der Waals surface area (Å²) in [6, 6.07) is 9.72. The molecule has 2 rings (SSSR count). The van der Waals surface area contributed by atoms with Gasteiger partial charge in [-0.05, 0) is 36.4 Å². The summed E-state index contributed by atoms with van der Waals surface area (Å²) in [7, 11) is -2.31. The molecule has 0 saturated carbocycles. The van der Waals surface area contributed by atoms with Gasteiger partial charge in [0.1, 0.15) is 5.75 Å². The zero-order valence-corrected chi connectivity index (χ0v) is 13.6. The molecule has 0 aliphatic rings. The molecule has 0 spiro atoms. The Morgan fingerprint density at radius 3 is 2.35 bits per heavy atom. The number of carbonyl (C=O) groups excluding carboxylic acids is 1. The van der Waals surface area contributed by atoms with E-state index in [4.69, 9.17) is 21.5 Å². The summed E-state index contributed by atoms with van der Waals surface area (Å²) in [5.74, 6) is 0.414. The largest absolute Gasteiger partial charge is 0.495 e. The number of primary sulfonamides is 1. The highest BCUT2D eigenvalue weighted by Gasteiger charge is 2.10. The van der Waals surface area contributed by atoms with Crippen LogP contribution in [-0.2, 0) is 10.0 Å². The maximum absolute atomic E-state index is 12.0. The van der Waals surface area contributed by atoms with Gasteiger partial charge in [0.05, 0.1) is 17.7 Å². The van der Waals surface area contributed by atoms with Gasteiger partial charge in [-0.2, -0.15) is 0 Å². The predicted molar refractivity (Wildman–Crippen MR) is 88.5 cm³/mol. The van der Waals surface area contributed by atoms with Gasteiger partial charge < -0.3 is 15.4 Å². The van der Waals surface area contributed by atoms with E-state index < -0.39 is 16.1 Å². The highest BCUT2D eigenvalue weighted by atomic mass is 35.5. The summed E-state index contributed by atoms with van der Waals surface area (Å²) in [4.78, 5) is 11.9. The van der Waals surface area contributed by atoms with E-state index >= 15 is 0 Å². The summed E-state index contributed by atoms with van der Waals surface area (Å²) in [5, 5.41) is 10.6. The lowest BCUT2D eigenvalue weighted by molar-refractivity contribution is 0.262. The lowest BCUT2D eigenvalue weighted by Gasteiger charge is -2.11. The van der Waals surface area contributed by atoms with E-state index in [2.05, 4.69) is 10.6 Å². The van der Waals surface area contributed by atoms with E-state index in [1.54, 1.807) is 18.2 Å². The van der Waals surface area contributed by atoms with Crippen LogP contribution < -0.4 is 20.5 Å². The van der Waals surface area contributed by atoms with Gasteiger partial charge >= 0.3 is 6.03 Å². The summed E-state index contributed by atoms with van der Waals surface area (Å²) >= 11 is 5.85. The van der Waals surface area contributed by atoms with Gasteiger partial charge in [0.25, 0.3) is 0 Å². The van der Waals surface area contributed by atoms with Crippen molar-refractivity contribution in [3.8, 4) is 5.75 Å². The average molecular weight is 356 g/mol. The third kappa shape index (κ3) is 4.59. The Morgan fingerprint density at radius 1 is 1.13 bits per heavy atom. The van der Waals surface area contributed by atoms with Gasteiger partial charge in [-0.25, -0.2) is 18.4 Å². The van der Waals surface area contributed by atoms with Gasteiger partial charge in [0.15, 0.2) is 0 Å². The molecule has 0 bridgehead atoms. The summed E-state index contributed by atoms with van der Waals surface area (Å²) in [6.45, 7) is 0. The number of urea groups is 1. The molecular formula is C14H14ClN3O4S. The molecule has 0 aromatic heterocycles. The second kappa shape index (κ2) is 6.86. The fourth-order valence-electron chi connectivity index (χ4n) is 1.78. The summed E-state index contributed by atoms with van der Waals surface area (Å²) in [6.07, 6.45) is 0. The van der Waals surface area contributed by atoms with E-state index in [-0.39, 0.29) is 4.90 Å². The molecule has 0 aliphatic heterocycles. The lowest BCUT2D eigenvalue weighted by atomic mass is 10.3. The number of nitrogens with one attached hydrogen (secondary N) is 2. The van der Waals surface area contributed by atoms with Crippen LogP contribution in [0.1, 0.15) is 0 Å². The van der Waals surface area contributed by atoms with Crippen molar-refractivity contribution in [3.05, 3.63) is 47.5 Å². The minimum atomic E-state index is -3.77. The number of rotatable bonds is 4. The highest BCUT2D eigenvalue weighted by molar-refractivity contribution is 7.89. The van der Waals surface area contributed by atoms with Crippen molar-refractivity contribution in [2.75, 3.05) is 17.7 Å². The lowest BCUT2D eigenvalue weighted by Crippen LogP contribution is -2.20. The molecule has 0 saturated heterocycles. The number of hydrogen-bond acceptors (Lipinski definition) is 4. The van der Waals surface area contributed by atoms with Gasteiger partial charge in [-0.15, -0.1) is 0 Å². The number of halogens is 1. The van der Waals surface area contributed by atoms with Crippen LogP contribution in [0.15, 0.2) is 47.4 Å². The highest BCUT2D eigenvalue weighted by Crippen LogP contribution is 2.27. The molecule has 7 nitrogen and oxygen atoms in total. The third-order valence-electron chi connectivity index (χ3n) is 2.85. The zero-order valence-electron chi connectivity index (χ0n) is 12.0. The monoisotopic (exact) mass is 355 g/mol. The first kappa shape index (κ1) is 17.1. The van der Waals surface area contributed by atoms with Crippen molar-refractivity contribution in [1.29, 1.82) is 0 Å². The Kier molecular flexibility index (Phi) is 5.09. The van der Waals surface area contributed by atoms with E-state index in [1.165, 1.54) is 31.4 Å². The third-order valence-corrected chi connectivity index (χ3v) is 4.02. The number of benzene rings is 2. The molecular weight excluding hydrogens is 342 g/mol. The molecule has 0 fully saturated rings. The number of nitrogens with two attached hydrogens (primary N) is 1. The predicted octanol–water partition coefficient (Wildman–Crippen LogP) is 2.64. The first-order valence-corrected chi connectivity index (χ1v) is 8.26. The SMILES string of the molecule is COc1cc(Cl)ccc1NC(=O)Nc1ccc(S(N)(=O)=O)cc1. The van der Waals surface area contributed by atoms with E-state index in [0.717, 1.165) is 0 Å². The molecule has 0 heterocycles. The molecule has 2 aromatic carbocycles. The van der Waals surface area contributed by atoms with Gasteiger partial charge in [-0.3, -0.25) is 0 Å². The smallest absolute Gasteiger partial charge is 0.323 e. The Balaban J connectivity index is 2.08. The molecule has 0 aliphatic carbocycles. The maximum Gasteiger partial charge on any atom is 0.323 e. The number of sulfonamides is 1. The van der Waals surface area contributed by atoms with E-state index in [0.29, 0.717) is 22.1 Å². The molecule has 23 heavy (non-hydrogen) atoms. The first-order chi connectivity index (χ1) is 10.8. The zero-order chi connectivity index (χ0) is 17.0. The standard InChI is InChI=1S/C14H14ClN3O4S/c1-22-13-8-9(15)2-7-12(13)18-14(19)17-10-3-5-11(6-4-10)23(16,20)21/h2-8H,1H3,(H2,16,20,21)(H2,17,18,19). The van der Waals surface area contributed by atoms with Gasteiger partial charge in [0.2, 0.25) is 10.0 Å². The minimum Gasteiger partial charge on any atom is -0.495 e. The van der Waals surface area contributed by atoms with Crippen LogP contribution in [0.25, 0.3) is 0 Å². The number of amides is 2. The molecule has 0 radical (unpaired) electrons. The van der Waals surface area contributed by atoms with Gasteiger partial charge in [-0.1, -0.05) is 11.6 Å². The van der Waals surface area contributed by atoms with Crippen molar-refractivity contribution < 1.29 is 17.9 Å². The fourth-order valence-corrected chi connectivity index (χ4v) is 2.46. The van der Waals surface area contributed by atoms with Crippen molar-refractivity contribution in [3.63, 3.8) is 0 Å². The van der Waals surface area contributed by atoms with Crippen LogP contribution in [0.2, 0.25) is 5.02 Å². The van der Waals surface area contributed by atoms with Crippen LogP contribution in [0.3, 0.4) is 0 Å². The van der Waals surface area contributed by atoms with Crippen molar-refractivity contribution in [2.45, 2.75) is 4.90 Å². The molecule has 0 unspecified atom stereocenters. The van der Waals surface area contributed by atoms with Crippen LogP contribution >= 0.6 is 11.6 Å². The molecule has 9 heteroatoms. The summed E-state index contributed by atoms with van der Waals surface area (Å²) < 4.78 is 27.4. The number of carbonyl (C=O) groups is 1. The van der Waals surface area contributed by atoms with Crippen molar-refractivity contribution in [2.24, 2.45) is 5.14 Å². The molecule has 2 aromatic rings. The number of ether oxygens (including phenoxy) is 1. The van der Waals surface area contributed by atoms with Crippen LogP contribution in [0.4, 0.5) is 16.2 Å². The minimum absolute atomic E-state index is 0.0390. The molecule has 0 atom stereocenters. The molecule has 2 amide bonds. The van der Waals surface area contributed by atoms with Crippen molar-refractivity contribution >= 4 is 39.0 Å². The Hall–Kier alpha value is -2.29. The van der Waals surface area contributed by atoms with Crippen LogP contribution in [0, 0.1) is 0 Å². The Bertz CT molecular complexity index is 822. The fraction of sp³-hybridized carbons (Fsp3) is 0.0714. The average Bonchev–Trinajstić information content (AvgIpc) is 2.48. The Labute approximate surface area is 138 Å². The first-order valence-electron chi connectivity index (χ1n) is 6.34. The van der Waals surface area contributed by atoms with Crippen molar-refractivity contribution in [1.82, 2.24) is 0 Å². The van der Waals surface area contributed by atoms with Crippen LogP contribution in [0.5, 0.6) is 5.75 Å². The van der Waals surface area contributed by atoms with E-state index in [1.807, 2.05) is 0 Å². The maximum atomic E-state index is 12.0. The summed E-state index contributed by atoms with van der Waals surface area (Å²) in [5.41, 5.74) is 0.846. The normalized spacial score (nSPS) is 10.9. The van der Waals surface area contributed by atoms with Gasteiger partial charge in [0, 0.05) is 16.8 Å². The quantitative estimate of drug-likeness (QED) is 0.782. The Morgan fingerprint density at radius 2 is 1.78 bits per heavy atom. The second-order valence-corrected chi connectivity index (χ2v) is 6.49.